The van der Waals surface area contributed by atoms with Gasteiger partial charge in [0.05, 0.1) is 0 Å². The van der Waals surface area contributed by atoms with Crippen LogP contribution in [0.5, 0.6) is 0 Å². The molecule has 1 heteroatoms. The third-order valence-corrected chi connectivity index (χ3v) is 3.92. The average molecular weight is 286 g/mol. The van der Waals surface area contributed by atoms with Crippen molar-refractivity contribution < 1.29 is 4.79 Å². The maximum atomic E-state index is 12.9. The van der Waals surface area contributed by atoms with Crippen LogP contribution in [0.25, 0.3) is 11.1 Å². The van der Waals surface area contributed by atoms with Gasteiger partial charge >= 0.3 is 0 Å². The molecule has 0 aliphatic rings. The van der Waals surface area contributed by atoms with Gasteiger partial charge in [-0.2, -0.15) is 0 Å². The second-order valence-corrected chi connectivity index (χ2v) is 5.56. The lowest BCUT2D eigenvalue weighted by molar-refractivity contribution is 0.103. The molecule has 108 valence electrons. The van der Waals surface area contributed by atoms with Gasteiger partial charge in [0.1, 0.15) is 0 Å². The SMILES string of the molecule is Cc1ccc(-c2ccccc2C(=O)c2ccccc2C)cc1. The van der Waals surface area contributed by atoms with E-state index in [9.17, 15) is 4.79 Å². The maximum absolute atomic E-state index is 12.9. The fourth-order valence-electron chi connectivity index (χ4n) is 2.64. The molecular weight excluding hydrogens is 268 g/mol. The molecule has 3 aromatic carbocycles. The largest absolute Gasteiger partial charge is 0.289 e. The van der Waals surface area contributed by atoms with Crippen LogP contribution in [0, 0.1) is 13.8 Å². The van der Waals surface area contributed by atoms with Gasteiger partial charge in [0.25, 0.3) is 0 Å². The van der Waals surface area contributed by atoms with Crippen LogP contribution in [0.4, 0.5) is 0 Å². The molecule has 0 unspecified atom stereocenters. The molecule has 1 nitrogen and oxygen atoms in total. The van der Waals surface area contributed by atoms with Gasteiger partial charge in [-0.25, -0.2) is 0 Å². The van der Waals surface area contributed by atoms with Crippen LogP contribution < -0.4 is 0 Å². The monoisotopic (exact) mass is 286 g/mol. The molecule has 3 rings (SSSR count). The molecule has 3 aromatic rings. The maximum Gasteiger partial charge on any atom is 0.193 e. The van der Waals surface area contributed by atoms with E-state index in [0.717, 1.165) is 27.8 Å². The minimum Gasteiger partial charge on any atom is -0.289 e. The van der Waals surface area contributed by atoms with E-state index in [1.165, 1.54) is 5.56 Å². The summed E-state index contributed by atoms with van der Waals surface area (Å²) in [6, 6.07) is 23.8. The Labute approximate surface area is 131 Å². The van der Waals surface area contributed by atoms with Gasteiger partial charge in [-0.15, -0.1) is 0 Å². The average Bonchev–Trinajstić information content (AvgIpc) is 2.55. The number of aryl methyl sites for hydroxylation is 2. The van der Waals surface area contributed by atoms with Gasteiger partial charge in [-0.3, -0.25) is 4.79 Å². The highest BCUT2D eigenvalue weighted by molar-refractivity contribution is 6.13. The summed E-state index contributed by atoms with van der Waals surface area (Å²) in [5.41, 5.74) is 5.79. The fourth-order valence-corrected chi connectivity index (χ4v) is 2.64. The molecular formula is C21H18O. The molecule has 0 saturated heterocycles. The Morgan fingerprint density at radius 3 is 1.95 bits per heavy atom. The highest BCUT2D eigenvalue weighted by atomic mass is 16.1. The van der Waals surface area contributed by atoms with Crippen molar-refractivity contribution in [2.45, 2.75) is 13.8 Å². The van der Waals surface area contributed by atoms with Crippen molar-refractivity contribution in [1.29, 1.82) is 0 Å². The normalized spacial score (nSPS) is 10.5. The molecule has 22 heavy (non-hydrogen) atoms. The van der Waals surface area contributed by atoms with E-state index in [-0.39, 0.29) is 5.78 Å². The van der Waals surface area contributed by atoms with Crippen molar-refractivity contribution in [2.24, 2.45) is 0 Å². The highest BCUT2D eigenvalue weighted by Gasteiger charge is 2.15. The van der Waals surface area contributed by atoms with Crippen molar-refractivity contribution in [2.75, 3.05) is 0 Å². The molecule has 0 fully saturated rings. The van der Waals surface area contributed by atoms with Crippen molar-refractivity contribution in [3.63, 3.8) is 0 Å². The number of hydrogen-bond donors (Lipinski definition) is 0. The van der Waals surface area contributed by atoms with Crippen molar-refractivity contribution in [1.82, 2.24) is 0 Å². The van der Waals surface area contributed by atoms with Gasteiger partial charge in [-0.05, 0) is 30.5 Å². The first kappa shape index (κ1) is 14.3. The minimum atomic E-state index is 0.0780. The van der Waals surface area contributed by atoms with Crippen LogP contribution in [0.15, 0.2) is 72.8 Å². The van der Waals surface area contributed by atoms with Crippen LogP contribution in [0.3, 0.4) is 0 Å². The molecule has 0 bridgehead atoms. The van der Waals surface area contributed by atoms with E-state index >= 15 is 0 Å². The summed E-state index contributed by atoms with van der Waals surface area (Å²) in [6.07, 6.45) is 0. The standard InChI is InChI=1S/C21H18O/c1-15-11-13-17(14-12-15)19-9-5-6-10-20(19)21(22)18-8-4-3-7-16(18)2/h3-14H,1-2H3. The Bertz CT molecular complexity index is 813. The van der Waals surface area contributed by atoms with Gasteiger partial charge in [0.15, 0.2) is 5.78 Å². The highest BCUT2D eigenvalue weighted by Crippen LogP contribution is 2.26. The van der Waals surface area contributed by atoms with Crippen molar-refractivity contribution in [3.8, 4) is 11.1 Å². The number of hydrogen-bond acceptors (Lipinski definition) is 1. The Kier molecular flexibility index (Phi) is 3.88. The van der Waals surface area contributed by atoms with Crippen LogP contribution in [-0.2, 0) is 0 Å². The number of carbonyl (C=O) groups excluding carboxylic acids is 1. The van der Waals surface area contributed by atoms with E-state index in [1.807, 2.05) is 55.5 Å². The Hall–Kier alpha value is -2.67. The van der Waals surface area contributed by atoms with Gasteiger partial charge < -0.3 is 0 Å². The molecule has 0 atom stereocenters. The zero-order chi connectivity index (χ0) is 15.5. The molecule has 0 radical (unpaired) electrons. The Morgan fingerprint density at radius 2 is 1.27 bits per heavy atom. The summed E-state index contributed by atoms with van der Waals surface area (Å²) < 4.78 is 0. The van der Waals surface area contributed by atoms with Gasteiger partial charge in [-0.1, -0.05) is 78.4 Å². The Morgan fingerprint density at radius 1 is 0.682 bits per heavy atom. The number of rotatable bonds is 3. The van der Waals surface area contributed by atoms with Crippen LogP contribution in [-0.4, -0.2) is 5.78 Å². The second kappa shape index (κ2) is 5.98. The molecule has 0 amide bonds. The molecule has 0 aliphatic heterocycles. The minimum absolute atomic E-state index is 0.0780. The summed E-state index contributed by atoms with van der Waals surface area (Å²) in [7, 11) is 0. The lowest BCUT2D eigenvalue weighted by Crippen LogP contribution is -2.05. The van der Waals surface area contributed by atoms with Gasteiger partial charge in [0.2, 0.25) is 0 Å². The van der Waals surface area contributed by atoms with E-state index in [0.29, 0.717) is 0 Å². The lowest BCUT2D eigenvalue weighted by atomic mass is 9.92. The van der Waals surface area contributed by atoms with Crippen LogP contribution in [0.1, 0.15) is 27.0 Å². The summed E-state index contributed by atoms with van der Waals surface area (Å²) in [5.74, 6) is 0.0780. The third-order valence-electron chi connectivity index (χ3n) is 3.92. The summed E-state index contributed by atoms with van der Waals surface area (Å²) in [4.78, 5) is 12.9. The van der Waals surface area contributed by atoms with Crippen LogP contribution in [0.2, 0.25) is 0 Å². The van der Waals surface area contributed by atoms with E-state index in [2.05, 4.69) is 31.2 Å². The van der Waals surface area contributed by atoms with E-state index < -0.39 is 0 Å². The van der Waals surface area contributed by atoms with E-state index in [1.54, 1.807) is 0 Å². The topological polar surface area (TPSA) is 17.1 Å². The molecule has 0 heterocycles. The molecule has 0 aromatic heterocycles. The fraction of sp³-hybridized carbons (Fsp3) is 0.0952. The van der Waals surface area contributed by atoms with Crippen molar-refractivity contribution in [3.05, 3.63) is 95.1 Å². The smallest absolute Gasteiger partial charge is 0.193 e. The second-order valence-electron chi connectivity index (χ2n) is 5.56. The first-order chi connectivity index (χ1) is 10.7. The molecule has 0 spiro atoms. The zero-order valence-corrected chi connectivity index (χ0v) is 12.8. The van der Waals surface area contributed by atoms with E-state index in [4.69, 9.17) is 0 Å². The predicted molar refractivity (Wildman–Crippen MR) is 91.2 cm³/mol. The summed E-state index contributed by atoms with van der Waals surface area (Å²) >= 11 is 0. The molecule has 0 saturated carbocycles. The first-order valence-electron chi connectivity index (χ1n) is 7.43. The number of ketones is 1. The number of benzene rings is 3. The third kappa shape index (κ3) is 2.71. The Balaban J connectivity index is 2.11. The van der Waals surface area contributed by atoms with Crippen LogP contribution >= 0.6 is 0 Å². The molecule has 0 N–H and O–H groups in total. The summed E-state index contributed by atoms with van der Waals surface area (Å²) in [6.45, 7) is 4.04. The lowest BCUT2D eigenvalue weighted by Gasteiger charge is -2.11. The quantitative estimate of drug-likeness (QED) is 0.605. The first-order valence-corrected chi connectivity index (χ1v) is 7.43. The zero-order valence-electron chi connectivity index (χ0n) is 12.8. The number of carbonyl (C=O) groups is 1. The predicted octanol–water partition coefficient (Wildman–Crippen LogP) is 5.20. The van der Waals surface area contributed by atoms with Gasteiger partial charge in [0, 0.05) is 11.1 Å². The van der Waals surface area contributed by atoms with Crippen molar-refractivity contribution >= 4 is 5.78 Å². The molecule has 0 aliphatic carbocycles. The summed E-state index contributed by atoms with van der Waals surface area (Å²) in [5, 5.41) is 0.